The van der Waals surface area contributed by atoms with E-state index in [1.54, 1.807) is 17.6 Å². The lowest BCUT2D eigenvalue weighted by molar-refractivity contribution is 0.632. The normalized spacial score (nSPS) is 12.0. The topological polar surface area (TPSA) is 51.0 Å². The molecule has 0 bridgehead atoms. The number of aromatic nitrogens is 3. The van der Waals surface area contributed by atoms with E-state index in [4.69, 9.17) is 0 Å². The van der Waals surface area contributed by atoms with Crippen LogP contribution in [0.2, 0.25) is 0 Å². The Hall–Kier alpha value is -1.36. The lowest BCUT2D eigenvalue weighted by atomic mass is 10.1. The smallest absolute Gasteiger partial charge is 0.193 e. The number of fused-ring (bicyclic) bond motifs is 1. The summed E-state index contributed by atoms with van der Waals surface area (Å²) in [6.07, 6.45) is 2.63. The number of aliphatic imine (C=N–C) groups is 1. The quantitative estimate of drug-likeness (QED) is 0.767. The van der Waals surface area contributed by atoms with Gasteiger partial charge in [-0.3, -0.25) is 0 Å². The van der Waals surface area contributed by atoms with Gasteiger partial charge in [0.1, 0.15) is 10.2 Å². The molecule has 0 amide bonds. The van der Waals surface area contributed by atoms with Crippen LogP contribution in [0, 0.1) is 5.92 Å². The Morgan fingerprint density at radius 2 is 2.25 bits per heavy atom. The molecule has 0 fully saturated rings. The number of hydrogen-bond acceptors (Lipinski definition) is 5. The van der Waals surface area contributed by atoms with Crippen molar-refractivity contribution < 1.29 is 0 Å². The molecule has 84 valence electrons. The van der Waals surface area contributed by atoms with Crippen LogP contribution in [0.25, 0.3) is 10.2 Å². The molecule has 16 heavy (non-hydrogen) atoms. The Morgan fingerprint density at radius 1 is 1.44 bits per heavy atom. The summed E-state index contributed by atoms with van der Waals surface area (Å²) >= 11 is 1.57. The van der Waals surface area contributed by atoms with Crippen molar-refractivity contribution in [2.24, 2.45) is 10.9 Å². The van der Waals surface area contributed by atoms with Gasteiger partial charge in [-0.05, 0) is 19.3 Å². The second-order valence-corrected chi connectivity index (χ2v) is 4.84. The number of nitrogens with zero attached hydrogens (tertiary/aromatic N) is 4. The maximum Gasteiger partial charge on any atom is 0.193 e. The first kappa shape index (κ1) is 11.1. The molecule has 0 radical (unpaired) electrons. The first-order valence-corrected chi connectivity index (χ1v) is 6.17. The van der Waals surface area contributed by atoms with E-state index in [2.05, 4.69) is 34.0 Å². The van der Waals surface area contributed by atoms with Gasteiger partial charge < -0.3 is 0 Å². The Balaban J connectivity index is 2.54. The monoisotopic (exact) mass is 234 g/mol. The van der Waals surface area contributed by atoms with Crippen molar-refractivity contribution >= 4 is 33.6 Å². The highest BCUT2D eigenvalue weighted by Crippen LogP contribution is 2.28. The molecule has 2 aromatic heterocycles. The second-order valence-electron chi connectivity index (χ2n) is 3.99. The van der Waals surface area contributed by atoms with Crippen LogP contribution in [0.1, 0.15) is 26.5 Å². The molecule has 0 saturated heterocycles. The molecule has 2 heterocycles. The molecule has 0 spiro atoms. The maximum absolute atomic E-state index is 4.36. The molecule has 0 saturated carbocycles. The maximum atomic E-state index is 4.36. The zero-order chi connectivity index (χ0) is 11.5. The minimum Gasteiger partial charge on any atom is -0.243 e. The van der Waals surface area contributed by atoms with Gasteiger partial charge in [0.25, 0.3) is 0 Å². The summed E-state index contributed by atoms with van der Waals surface area (Å²) in [5, 5.41) is 8.36. The van der Waals surface area contributed by atoms with Gasteiger partial charge in [0.05, 0.1) is 11.2 Å². The van der Waals surface area contributed by atoms with E-state index in [9.17, 15) is 0 Å². The van der Waals surface area contributed by atoms with Crippen molar-refractivity contribution in [3.63, 3.8) is 0 Å². The highest BCUT2D eigenvalue weighted by molar-refractivity contribution is 7.17. The standard InChI is InChI=1S/C11H14N4S/c1-4-12-11-10-9(13-6-16-10)8(14-15-11)5-7(2)3/h4,6-7H,5H2,1-3H3. The van der Waals surface area contributed by atoms with Crippen molar-refractivity contribution in [2.75, 3.05) is 0 Å². The molecule has 0 aromatic carbocycles. The molecule has 0 aliphatic carbocycles. The summed E-state index contributed by atoms with van der Waals surface area (Å²) in [6.45, 7) is 6.20. The largest absolute Gasteiger partial charge is 0.243 e. The molecular formula is C11H14N4S. The van der Waals surface area contributed by atoms with Gasteiger partial charge in [-0.15, -0.1) is 16.4 Å². The zero-order valence-electron chi connectivity index (χ0n) is 9.64. The highest BCUT2D eigenvalue weighted by atomic mass is 32.1. The van der Waals surface area contributed by atoms with Crippen LogP contribution in [-0.2, 0) is 6.42 Å². The van der Waals surface area contributed by atoms with Crippen molar-refractivity contribution in [3.8, 4) is 0 Å². The van der Waals surface area contributed by atoms with Gasteiger partial charge in [0, 0.05) is 6.21 Å². The van der Waals surface area contributed by atoms with Gasteiger partial charge in [-0.1, -0.05) is 13.8 Å². The molecule has 0 atom stereocenters. The molecule has 2 rings (SSSR count). The minimum atomic E-state index is 0.555. The second kappa shape index (κ2) is 4.65. The SMILES string of the molecule is CC=Nc1nnc(CC(C)C)c2ncsc12. The predicted molar refractivity (Wildman–Crippen MR) is 67.6 cm³/mol. The highest BCUT2D eigenvalue weighted by Gasteiger charge is 2.12. The van der Waals surface area contributed by atoms with E-state index in [1.807, 2.05) is 12.4 Å². The third kappa shape index (κ3) is 2.09. The fraction of sp³-hybridized carbons (Fsp3) is 0.455. The molecule has 2 aromatic rings. The predicted octanol–water partition coefficient (Wildman–Crippen LogP) is 3.01. The number of rotatable bonds is 3. The third-order valence-electron chi connectivity index (χ3n) is 2.16. The molecule has 0 unspecified atom stereocenters. The molecule has 0 N–H and O–H groups in total. The number of thiazole rings is 1. The average molecular weight is 234 g/mol. The van der Waals surface area contributed by atoms with E-state index in [0.29, 0.717) is 11.7 Å². The first-order valence-electron chi connectivity index (χ1n) is 5.29. The molecule has 5 heteroatoms. The third-order valence-corrected chi connectivity index (χ3v) is 2.98. The average Bonchev–Trinajstić information content (AvgIpc) is 2.70. The fourth-order valence-electron chi connectivity index (χ4n) is 1.54. The van der Waals surface area contributed by atoms with Crippen molar-refractivity contribution in [1.82, 2.24) is 15.2 Å². The van der Waals surface area contributed by atoms with Gasteiger partial charge in [0.2, 0.25) is 0 Å². The Labute approximate surface area is 98.5 Å². The van der Waals surface area contributed by atoms with Crippen molar-refractivity contribution in [3.05, 3.63) is 11.2 Å². The van der Waals surface area contributed by atoms with Crippen LogP contribution < -0.4 is 0 Å². The van der Waals surface area contributed by atoms with Crippen LogP contribution in [-0.4, -0.2) is 21.4 Å². The first-order chi connectivity index (χ1) is 7.72. The van der Waals surface area contributed by atoms with Crippen LogP contribution in [0.5, 0.6) is 0 Å². The summed E-state index contributed by atoms with van der Waals surface area (Å²) in [5.41, 5.74) is 3.75. The lowest BCUT2D eigenvalue weighted by Gasteiger charge is -2.04. The summed E-state index contributed by atoms with van der Waals surface area (Å²) in [7, 11) is 0. The van der Waals surface area contributed by atoms with Crippen LogP contribution >= 0.6 is 11.3 Å². The van der Waals surface area contributed by atoms with Crippen LogP contribution in [0.4, 0.5) is 5.82 Å². The number of hydrogen-bond donors (Lipinski definition) is 0. The van der Waals surface area contributed by atoms with Crippen molar-refractivity contribution in [2.45, 2.75) is 27.2 Å². The molecule has 4 nitrogen and oxygen atoms in total. The molecule has 0 aliphatic rings. The summed E-state index contributed by atoms with van der Waals surface area (Å²) in [6, 6.07) is 0. The van der Waals surface area contributed by atoms with Gasteiger partial charge in [-0.2, -0.15) is 5.10 Å². The summed E-state index contributed by atoms with van der Waals surface area (Å²) in [4.78, 5) is 8.56. The van der Waals surface area contributed by atoms with Crippen LogP contribution in [0.15, 0.2) is 10.5 Å². The van der Waals surface area contributed by atoms with E-state index in [0.717, 1.165) is 22.3 Å². The molecule has 0 aliphatic heterocycles. The van der Waals surface area contributed by atoms with E-state index >= 15 is 0 Å². The summed E-state index contributed by atoms with van der Waals surface area (Å²) in [5.74, 6) is 1.23. The summed E-state index contributed by atoms with van der Waals surface area (Å²) < 4.78 is 1.03. The van der Waals surface area contributed by atoms with Crippen molar-refractivity contribution in [1.29, 1.82) is 0 Å². The van der Waals surface area contributed by atoms with Gasteiger partial charge in [-0.25, -0.2) is 9.98 Å². The minimum absolute atomic E-state index is 0.555. The Morgan fingerprint density at radius 3 is 2.94 bits per heavy atom. The van der Waals surface area contributed by atoms with Gasteiger partial charge >= 0.3 is 0 Å². The Kier molecular flexibility index (Phi) is 3.24. The van der Waals surface area contributed by atoms with E-state index < -0.39 is 0 Å². The Bertz CT molecular complexity index is 516. The van der Waals surface area contributed by atoms with Gasteiger partial charge in [0.15, 0.2) is 5.82 Å². The zero-order valence-corrected chi connectivity index (χ0v) is 10.5. The molecular weight excluding hydrogens is 220 g/mol. The van der Waals surface area contributed by atoms with Crippen LogP contribution in [0.3, 0.4) is 0 Å². The fourth-order valence-corrected chi connectivity index (χ4v) is 2.29. The lowest BCUT2D eigenvalue weighted by Crippen LogP contribution is -2.00. The van der Waals surface area contributed by atoms with E-state index in [1.165, 1.54) is 0 Å². The van der Waals surface area contributed by atoms with E-state index in [-0.39, 0.29) is 0 Å².